The van der Waals surface area contributed by atoms with Gasteiger partial charge in [-0.15, -0.1) is 0 Å². The lowest BCUT2D eigenvalue weighted by molar-refractivity contribution is -0.117. The van der Waals surface area contributed by atoms with E-state index in [-0.39, 0.29) is 27.5 Å². The molecule has 0 saturated carbocycles. The maximum Gasteiger partial charge on any atom is 0.248 e. The number of anilines is 3. The Kier molecular flexibility index (Phi) is 5.49. The number of nitrogens with one attached hydrogen (secondary N) is 1. The molecule has 3 rings (SSSR count). The Morgan fingerprint density at radius 1 is 1.15 bits per heavy atom. The van der Waals surface area contributed by atoms with Crippen molar-refractivity contribution in [2.75, 3.05) is 22.5 Å². The number of nitrogens with zero attached hydrogens (tertiary/aromatic N) is 1. The Morgan fingerprint density at radius 2 is 1.81 bits per heavy atom. The fourth-order valence-electron chi connectivity index (χ4n) is 2.70. The standard InChI is InChI=1S/C19H17Cl2N3O2/c20-15-10-13(11-16(21)19(15)22)23-17(25)8-5-12-3-6-14(7-4-12)24-9-1-2-18(24)26/h3-8,10-11H,1-2,9,22H2,(H,23,25)/b8-5+. The molecule has 0 radical (unpaired) electrons. The minimum atomic E-state index is -0.319. The zero-order chi connectivity index (χ0) is 18.7. The molecule has 1 saturated heterocycles. The molecule has 2 aromatic carbocycles. The molecule has 0 bridgehead atoms. The first-order valence-electron chi connectivity index (χ1n) is 8.08. The van der Waals surface area contributed by atoms with Gasteiger partial charge >= 0.3 is 0 Å². The zero-order valence-electron chi connectivity index (χ0n) is 13.8. The van der Waals surface area contributed by atoms with Gasteiger partial charge in [0.25, 0.3) is 0 Å². The van der Waals surface area contributed by atoms with Gasteiger partial charge in [0, 0.05) is 30.4 Å². The molecule has 1 aliphatic rings. The molecule has 0 aromatic heterocycles. The summed E-state index contributed by atoms with van der Waals surface area (Å²) in [5.41, 5.74) is 8.13. The minimum Gasteiger partial charge on any atom is -0.396 e. The van der Waals surface area contributed by atoms with Crippen LogP contribution >= 0.6 is 23.2 Å². The van der Waals surface area contributed by atoms with E-state index in [1.54, 1.807) is 11.0 Å². The van der Waals surface area contributed by atoms with Crippen molar-refractivity contribution in [2.45, 2.75) is 12.8 Å². The molecule has 1 heterocycles. The van der Waals surface area contributed by atoms with Crippen LogP contribution < -0.4 is 16.0 Å². The molecule has 7 heteroatoms. The lowest BCUT2D eigenvalue weighted by atomic mass is 10.2. The van der Waals surface area contributed by atoms with E-state index in [2.05, 4.69) is 5.32 Å². The van der Waals surface area contributed by atoms with Crippen LogP contribution in [0.4, 0.5) is 17.1 Å². The van der Waals surface area contributed by atoms with Gasteiger partial charge in [-0.05, 0) is 42.3 Å². The first-order chi connectivity index (χ1) is 12.4. The molecule has 5 nitrogen and oxygen atoms in total. The first-order valence-corrected chi connectivity index (χ1v) is 8.83. The molecule has 0 atom stereocenters. The number of carbonyl (C=O) groups excluding carboxylic acids is 2. The summed E-state index contributed by atoms with van der Waals surface area (Å²) in [5.74, 6) is -0.172. The number of benzene rings is 2. The number of nitrogens with two attached hydrogens (primary N) is 1. The molecule has 1 fully saturated rings. The maximum atomic E-state index is 12.0. The topological polar surface area (TPSA) is 75.4 Å². The van der Waals surface area contributed by atoms with Gasteiger partial charge in [-0.1, -0.05) is 35.3 Å². The predicted octanol–water partition coefficient (Wildman–Crippen LogP) is 4.35. The van der Waals surface area contributed by atoms with Crippen molar-refractivity contribution in [1.82, 2.24) is 0 Å². The average molecular weight is 390 g/mol. The van der Waals surface area contributed by atoms with Crippen LogP contribution in [0.25, 0.3) is 6.08 Å². The Labute approximate surface area is 161 Å². The van der Waals surface area contributed by atoms with Gasteiger partial charge in [0.1, 0.15) is 0 Å². The summed E-state index contributed by atoms with van der Waals surface area (Å²) >= 11 is 11.9. The second-order valence-electron chi connectivity index (χ2n) is 5.92. The van der Waals surface area contributed by atoms with Gasteiger partial charge in [0.05, 0.1) is 15.7 Å². The smallest absolute Gasteiger partial charge is 0.248 e. The highest BCUT2D eigenvalue weighted by molar-refractivity contribution is 6.39. The molecule has 0 spiro atoms. The van der Waals surface area contributed by atoms with Crippen LogP contribution in [-0.4, -0.2) is 18.4 Å². The van der Waals surface area contributed by atoms with Gasteiger partial charge < -0.3 is 16.0 Å². The summed E-state index contributed by atoms with van der Waals surface area (Å²) in [5, 5.41) is 3.24. The van der Waals surface area contributed by atoms with Crippen LogP contribution in [0.3, 0.4) is 0 Å². The molecular formula is C19H17Cl2N3O2. The summed E-state index contributed by atoms with van der Waals surface area (Å²) in [7, 11) is 0. The van der Waals surface area contributed by atoms with E-state index >= 15 is 0 Å². The van der Waals surface area contributed by atoms with Gasteiger partial charge in [0.15, 0.2) is 0 Å². The van der Waals surface area contributed by atoms with E-state index in [4.69, 9.17) is 28.9 Å². The van der Waals surface area contributed by atoms with Crippen molar-refractivity contribution in [2.24, 2.45) is 0 Å². The number of nitrogen functional groups attached to an aromatic ring is 1. The predicted molar refractivity (Wildman–Crippen MR) is 107 cm³/mol. The van der Waals surface area contributed by atoms with E-state index in [1.165, 1.54) is 18.2 Å². The summed E-state index contributed by atoms with van der Waals surface area (Å²) < 4.78 is 0. The van der Waals surface area contributed by atoms with Crippen molar-refractivity contribution in [1.29, 1.82) is 0 Å². The lowest BCUT2D eigenvalue weighted by Gasteiger charge is -2.15. The van der Waals surface area contributed by atoms with Gasteiger partial charge in [-0.25, -0.2) is 0 Å². The fourth-order valence-corrected chi connectivity index (χ4v) is 3.19. The van der Waals surface area contributed by atoms with E-state index in [0.29, 0.717) is 12.1 Å². The largest absolute Gasteiger partial charge is 0.396 e. The normalized spacial score (nSPS) is 14.2. The first kappa shape index (κ1) is 18.3. The van der Waals surface area contributed by atoms with Crippen molar-refractivity contribution in [3.8, 4) is 0 Å². The summed E-state index contributed by atoms with van der Waals surface area (Å²) in [6.07, 6.45) is 4.58. The molecule has 0 aliphatic carbocycles. The highest BCUT2D eigenvalue weighted by Crippen LogP contribution is 2.31. The van der Waals surface area contributed by atoms with E-state index in [1.807, 2.05) is 24.3 Å². The Balaban J connectivity index is 1.64. The summed E-state index contributed by atoms with van der Waals surface area (Å²) in [4.78, 5) is 25.6. The fraction of sp³-hybridized carbons (Fsp3) is 0.158. The van der Waals surface area contributed by atoms with Crippen molar-refractivity contribution in [3.63, 3.8) is 0 Å². The van der Waals surface area contributed by atoms with E-state index in [9.17, 15) is 9.59 Å². The second kappa shape index (κ2) is 7.81. The molecule has 1 aliphatic heterocycles. The highest BCUT2D eigenvalue weighted by atomic mass is 35.5. The van der Waals surface area contributed by atoms with Crippen molar-refractivity contribution in [3.05, 3.63) is 58.1 Å². The number of carbonyl (C=O) groups is 2. The van der Waals surface area contributed by atoms with Gasteiger partial charge in [0.2, 0.25) is 11.8 Å². The van der Waals surface area contributed by atoms with E-state index in [0.717, 1.165) is 24.2 Å². The van der Waals surface area contributed by atoms with Crippen LogP contribution in [0.1, 0.15) is 18.4 Å². The zero-order valence-corrected chi connectivity index (χ0v) is 15.3. The highest BCUT2D eigenvalue weighted by Gasteiger charge is 2.21. The van der Waals surface area contributed by atoms with Crippen LogP contribution in [0, 0.1) is 0 Å². The van der Waals surface area contributed by atoms with Crippen LogP contribution in [-0.2, 0) is 9.59 Å². The number of halogens is 2. The Morgan fingerprint density at radius 3 is 2.38 bits per heavy atom. The molecule has 2 aromatic rings. The van der Waals surface area contributed by atoms with Crippen LogP contribution in [0.5, 0.6) is 0 Å². The molecule has 3 N–H and O–H groups in total. The molecule has 26 heavy (non-hydrogen) atoms. The summed E-state index contributed by atoms with van der Waals surface area (Å²) in [6, 6.07) is 10.6. The quantitative estimate of drug-likeness (QED) is 0.602. The second-order valence-corrected chi connectivity index (χ2v) is 6.73. The third-order valence-electron chi connectivity index (χ3n) is 4.05. The average Bonchev–Trinajstić information content (AvgIpc) is 3.04. The molecule has 0 unspecified atom stereocenters. The van der Waals surface area contributed by atoms with Gasteiger partial charge in [-0.2, -0.15) is 0 Å². The Bertz CT molecular complexity index is 856. The van der Waals surface area contributed by atoms with Crippen molar-refractivity contribution >= 4 is 58.2 Å². The third kappa shape index (κ3) is 4.18. The maximum absolute atomic E-state index is 12.0. The number of rotatable bonds is 4. The monoisotopic (exact) mass is 389 g/mol. The Hall–Kier alpha value is -2.50. The number of hydrogen-bond donors (Lipinski definition) is 2. The number of amides is 2. The van der Waals surface area contributed by atoms with Crippen molar-refractivity contribution < 1.29 is 9.59 Å². The molecular weight excluding hydrogens is 373 g/mol. The lowest BCUT2D eigenvalue weighted by Crippen LogP contribution is -2.23. The summed E-state index contributed by atoms with van der Waals surface area (Å²) in [6.45, 7) is 0.753. The minimum absolute atomic E-state index is 0.147. The molecule has 2 amide bonds. The molecule has 134 valence electrons. The SMILES string of the molecule is Nc1c(Cl)cc(NC(=O)/C=C/c2ccc(N3CCCC3=O)cc2)cc1Cl. The van der Waals surface area contributed by atoms with E-state index < -0.39 is 0 Å². The van der Waals surface area contributed by atoms with Gasteiger partial charge in [-0.3, -0.25) is 9.59 Å². The third-order valence-corrected chi connectivity index (χ3v) is 4.68. The van der Waals surface area contributed by atoms with Crippen LogP contribution in [0.2, 0.25) is 10.0 Å². The van der Waals surface area contributed by atoms with Crippen LogP contribution in [0.15, 0.2) is 42.5 Å². The number of hydrogen-bond acceptors (Lipinski definition) is 3.